The quantitative estimate of drug-likeness (QED) is 0.594. The van der Waals surface area contributed by atoms with Crippen molar-refractivity contribution >= 4 is 5.97 Å². The first kappa shape index (κ1) is 24.4. The van der Waals surface area contributed by atoms with E-state index in [4.69, 9.17) is 5.11 Å². The molecule has 0 radical (unpaired) electrons. The Balaban J connectivity index is 5.82. The van der Waals surface area contributed by atoms with Crippen LogP contribution < -0.4 is 0 Å². The topological polar surface area (TPSA) is 55.8 Å². The molecular weight excluding hydrogens is 426 g/mol. The molecule has 18 heteroatoms. The van der Waals surface area contributed by atoms with Crippen molar-refractivity contribution in [1.29, 1.82) is 0 Å². The van der Waals surface area contributed by atoms with Gasteiger partial charge in [-0.3, -0.25) is 4.74 Å². The summed E-state index contributed by atoms with van der Waals surface area (Å²) in [5, 5.41) is 7.76. The summed E-state index contributed by atoms with van der Waals surface area (Å²) >= 11 is 0. The zero-order valence-electron chi connectivity index (χ0n) is 11.0. The molecule has 1 unspecified atom stereocenters. The third-order valence-electron chi connectivity index (χ3n) is 2.15. The molecule has 1 atom stereocenters. The number of hydrogen-bond acceptors (Lipinski definition) is 3. The van der Waals surface area contributed by atoms with Crippen LogP contribution in [0, 0.1) is 0 Å². The predicted octanol–water partition coefficient (Wildman–Crippen LogP) is 4.01. The molecule has 156 valence electrons. The molecule has 0 saturated heterocycles. The van der Waals surface area contributed by atoms with Crippen LogP contribution >= 0.6 is 0 Å². The third kappa shape index (κ3) is 4.21. The van der Waals surface area contributed by atoms with E-state index < -0.39 is 48.7 Å². The highest BCUT2D eigenvalue weighted by atomic mass is 19.4. The fraction of sp³-hybridized carbons (Fsp3) is 0.875. The Morgan fingerprint density at radius 2 is 1.04 bits per heavy atom. The van der Waals surface area contributed by atoms with Crippen molar-refractivity contribution < 1.29 is 80.8 Å². The minimum Gasteiger partial charge on any atom is -0.477 e. The van der Waals surface area contributed by atoms with Gasteiger partial charge in [-0.2, -0.15) is 57.1 Å². The van der Waals surface area contributed by atoms with Crippen LogP contribution in [-0.2, 0) is 14.3 Å². The lowest BCUT2D eigenvalue weighted by atomic mass is 10.2. The monoisotopic (exact) mass is 428 g/mol. The number of carbonyl (C=O) groups is 1. The molecule has 0 spiro atoms. The normalized spacial score (nSPS) is 16.5. The smallest absolute Gasteiger partial charge is 0.462 e. The van der Waals surface area contributed by atoms with Gasteiger partial charge in [0, 0.05) is 0 Å². The van der Waals surface area contributed by atoms with E-state index in [1.165, 1.54) is 4.74 Å². The number of halogens is 14. The predicted molar refractivity (Wildman–Crippen MR) is 45.5 cm³/mol. The first-order valence-corrected chi connectivity index (χ1v) is 5.24. The molecule has 0 aromatic carbocycles. The SMILES string of the molecule is O=C(O)C(F)OC(F)(F)C(F)(F)C(F)(F)OC(F)(F)C(F)(F)C(F)(F)F. The summed E-state index contributed by atoms with van der Waals surface area (Å²) in [5.41, 5.74) is 0. The minimum absolute atomic E-state index is 1.29. The lowest BCUT2D eigenvalue weighted by molar-refractivity contribution is -0.525. The number of hydrogen-bond donors (Lipinski definition) is 1. The second-order valence-corrected chi connectivity index (χ2v) is 4.07. The summed E-state index contributed by atoms with van der Waals surface area (Å²) in [7, 11) is 0. The fourth-order valence-corrected chi connectivity index (χ4v) is 0.878. The van der Waals surface area contributed by atoms with E-state index in [-0.39, 0.29) is 0 Å². The molecule has 0 aliphatic rings. The van der Waals surface area contributed by atoms with Crippen LogP contribution in [0.25, 0.3) is 0 Å². The van der Waals surface area contributed by atoms with Crippen LogP contribution in [0.2, 0.25) is 0 Å². The first-order chi connectivity index (χ1) is 11.0. The van der Waals surface area contributed by atoms with Crippen molar-refractivity contribution in [3.05, 3.63) is 0 Å². The van der Waals surface area contributed by atoms with E-state index >= 15 is 0 Å². The number of alkyl halides is 14. The second kappa shape index (κ2) is 6.54. The Morgan fingerprint density at radius 3 is 1.35 bits per heavy atom. The highest BCUT2D eigenvalue weighted by Gasteiger charge is 2.82. The summed E-state index contributed by atoms with van der Waals surface area (Å²) in [5.74, 6) is -18.2. The molecule has 0 aliphatic carbocycles. The highest BCUT2D eigenvalue weighted by Crippen LogP contribution is 2.54. The van der Waals surface area contributed by atoms with Gasteiger partial charge in [0.15, 0.2) is 0 Å². The molecule has 4 nitrogen and oxygen atoms in total. The molecule has 0 heterocycles. The van der Waals surface area contributed by atoms with Crippen LogP contribution in [0.5, 0.6) is 0 Å². The Morgan fingerprint density at radius 1 is 0.692 bits per heavy atom. The number of rotatable bonds is 8. The van der Waals surface area contributed by atoms with Gasteiger partial charge in [-0.1, -0.05) is 0 Å². The molecule has 0 aromatic rings. The van der Waals surface area contributed by atoms with Crippen molar-refractivity contribution in [2.45, 2.75) is 42.7 Å². The van der Waals surface area contributed by atoms with E-state index in [0.29, 0.717) is 0 Å². The maximum atomic E-state index is 12.8. The standard InChI is InChI=1S/C8H2F14O4/c9-1(2(23)24)25-6(17,18)4(12,13)8(21,22)26-7(19,20)3(10,11)5(14,15)16/h1H,(H,23,24). The maximum absolute atomic E-state index is 12.8. The Labute approximate surface area is 131 Å². The first-order valence-electron chi connectivity index (χ1n) is 5.24. The summed E-state index contributed by atoms with van der Waals surface area (Å²) in [6.07, 6.45) is -33.9. The van der Waals surface area contributed by atoms with E-state index in [1.807, 2.05) is 0 Å². The van der Waals surface area contributed by atoms with Crippen molar-refractivity contribution in [2.24, 2.45) is 0 Å². The zero-order valence-corrected chi connectivity index (χ0v) is 11.0. The van der Waals surface area contributed by atoms with E-state index in [0.717, 1.165) is 0 Å². The van der Waals surface area contributed by atoms with Crippen LogP contribution in [0.15, 0.2) is 0 Å². The Hall–Kier alpha value is -1.59. The molecule has 0 aliphatic heterocycles. The van der Waals surface area contributed by atoms with E-state index in [1.54, 1.807) is 0 Å². The van der Waals surface area contributed by atoms with Crippen molar-refractivity contribution in [3.8, 4) is 0 Å². The molecule has 0 bridgehead atoms. The summed E-state index contributed by atoms with van der Waals surface area (Å²) < 4.78 is 177. The molecule has 0 saturated carbocycles. The van der Waals surface area contributed by atoms with Gasteiger partial charge in [0.25, 0.3) is 0 Å². The van der Waals surface area contributed by atoms with Gasteiger partial charge < -0.3 is 5.11 Å². The maximum Gasteiger partial charge on any atom is 0.462 e. The van der Waals surface area contributed by atoms with Crippen molar-refractivity contribution in [2.75, 3.05) is 0 Å². The average Bonchev–Trinajstić information content (AvgIpc) is 2.34. The van der Waals surface area contributed by atoms with Gasteiger partial charge in [-0.15, -0.1) is 0 Å². The van der Waals surface area contributed by atoms with Crippen LogP contribution in [-0.4, -0.2) is 53.8 Å². The molecule has 26 heavy (non-hydrogen) atoms. The number of aliphatic carboxylic acids is 1. The molecular formula is C8H2F14O4. The van der Waals surface area contributed by atoms with Crippen LogP contribution in [0.3, 0.4) is 0 Å². The van der Waals surface area contributed by atoms with Crippen LogP contribution in [0.4, 0.5) is 61.5 Å². The molecule has 1 N–H and O–H groups in total. The largest absolute Gasteiger partial charge is 0.477 e. The van der Waals surface area contributed by atoms with Crippen LogP contribution in [0.1, 0.15) is 0 Å². The highest BCUT2D eigenvalue weighted by molar-refractivity contribution is 5.70. The number of carboxylic acid groups (broad SMARTS) is 1. The van der Waals surface area contributed by atoms with Gasteiger partial charge in [-0.05, 0) is 0 Å². The van der Waals surface area contributed by atoms with E-state index in [9.17, 15) is 66.3 Å². The lowest BCUT2D eigenvalue weighted by Crippen LogP contribution is -2.63. The third-order valence-corrected chi connectivity index (χ3v) is 2.15. The zero-order chi connectivity index (χ0) is 21.6. The Bertz CT molecular complexity index is 526. The number of carboxylic acids is 1. The lowest BCUT2D eigenvalue weighted by Gasteiger charge is -2.35. The molecule has 0 amide bonds. The van der Waals surface area contributed by atoms with Gasteiger partial charge >= 0.3 is 48.7 Å². The molecule has 0 rings (SSSR count). The van der Waals surface area contributed by atoms with Crippen molar-refractivity contribution in [3.63, 3.8) is 0 Å². The fourth-order valence-electron chi connectivity index (χ4n) is 0.878. The summed E-state index contributed by atoms with van der Waals surface area (Å²) in [6.45, 7) is 0. The Kier molecular flexibility index (Phi) is 6.14. The van der Waals surface area contributed by atoms with Gasteiger partial charge in [0.2, 0.25) is 0 Å². The van der Waals surface area contributed by atoms with E-state index in [2.05, 4.69) is 4.74 Å². The minimum atomic E-state index is -7.56. The average molecular weight is 428 g/mol. The molecule has 0 aromatic heterocycles. The summed E-state index contributed by atoms with van der Waals surface area (Å²) in [6, 6.07) is 0. The van der Waals surface area contributed by atoms with Crippen molar-refractivity contribution in [1.82, 2.24) is 0 Å². The number of ether oxygens (including phenoxy) is 2. The summed E-state index contributed by atoms with van der Waals surface area (Å²) in [4.78, 5) is 9.78. The second-order valence-electron chi connectivity index (χ2n) is 4.07. The van der Waals surface area contributed by atoms with Gasteiger partial charge in [0.1, 0.15) is 0 Å². The van der Waals surface area contributed by atoms with Gasteiger partial charge in [0.05, 0.1) is 0 Å². The molecule has 0 fully saturated rings. The van der Waals surface area contributed by atoms with Gasteiger partial charge in [-0.25, -0.2) is 13.9 Å².